The number of hydrogen-bond donors (Lipinski definition) is 0. The van der Waals surface area contributed by atoms with Crippen LogP contribution < -0.4 is 4.74 Å². The minimum absolute atomic E-state index is 0.362. The van der Waals surface area contributed by atoms with Gasteiger partial charge in [-0.15, -0.1) is 0 Å². The standard InChI is InChI=1S/C13H14N2O2S/c1-10-7-15-11(8-14-10)9-18(16)13-5-3-4-12(6-13)17-2/h3-8H,9H2,1-2H3. The lowest BCUT2D eigenvalue weighted by Gasteiger charge is -2.04. The smallest absolute Gasteiger partial charge is 0.120 e. The van der Waals surface area contributed by atoms with E-state index >= 15 is 0 Å². The molecule has 4 nitrogen and oxygen atoms in total. The number of nitrogens with zero attached hydrogens (tertiary/aromatic N) is 2. The highest BCUT2D eigenvalue weighted by Crippen LogP contribution is 2.17. The first-order valence-corrected chi connectivity index (χ1v) is 6.81. The van der Waals surface area contributed by atoms with E-state index in [-0.39, 0.29) is 0 Å². The van der Waals surface area contributed by atoms with Gasteiger partial charge in [-0.25, -0.2) is 0 Å². The number of aromatic nitrogens is 2. The normalized spacial score (nSPS) is 12.1. The van der Waals surface area contributed by atoms with E-state index in [9.17, 15) is 4.21 Å². The lowest BCUT2D eigenvalue weighted by molar-refractivity contribution is 0.413. The highest BCUT2D eigenvalue weighted by Gasteiger charge is 2.07. The van der Waals surface area contributed by atoms with Crippen LogP contribution in [0.5, 0.6) is 5.75 Å². The molecule has 5 heteroatoms. The molecule has 1 atom stereocenters. The average Bonchev–Trinajstić information content (AvgIpc) is 2.41. The maximum Gasteiger partial charge on any atom is 0.120 e. The van der Waals surface area contributed by atoms with Gasteiger partial charge in [0, 0.05) is 17.3 Å². The number of hydrogen-bond acceptors (Lipinski definition) is 4. The summed E-state index contributed by atoms with van der Waals surface area (Å²) in [6.07, 6.45) is 3.34. The molecule has 0 bridgehead atoms. The Balaban J connectivity index is 2.14. The van der Waals surface area contributed by atoms with Crippen molar-refractivity contribution in [1.82, 2.24) is 9.97 Å². The van der Waals surface area contributed by atoms with Gasteiger partial charge in [-0.05, 0) is 25.1 Å². The van der Waals surface area contributed by atoms with Gasteiger partial charge in [0.05, 0.1) is 35.1 Å². The summed E-state index contributed by atoms with van der Waals surface area (Å²) in [7, 11) is 0.455. The summed E-state index contributed by atoms with van der Waals surface area (Å²) < 4.78 is 17.3. The van der Waals surface area contributed by atoms with Crippen LogP contribution in [0, 0.1) is 6.92 Å². The van der Waals surface area contributed by atoms with Crippen molar-refractivity contribution in [2.45, 2.75) is 17.6 Å². The van der Waals surface area contributed by atoms with Crippen molar-refractivity contribution in [2.75, 3.05) is 7.11 Å². The summed E-state index contributed by atoms with van der Waals surface area (Å²) in [5, 5.41) is 0. The molecule has 0 fully saturated rings. The van der Waals surface area contributed by atoms with E-state index in [1.807, 2.05) is 25.1 Å². The molecule has 0 aliphatic rings. The molecular formula is C13H14N2O2S. The van der Waals surface area contributed by atoms with E-state index in [1.54, 1.807) is 25.6 Å². The Kier molecular flexibility index (Phi) is 4.04. The maximum absolute atomic E-state index is 12.2. The van der Waals surface area contributed by atoms with Crippen molar-refractivity contribution in [3.63, 3.8) is 0 Å². The largest absolute Gasteiger partial charge is 0.497 e. The van der Waals surface area contributed by atoms with E-state index in [2.05, 4.69) is 9.97 Å². The summed E-state index contributed by atoms with van der Waals surface area (Å²) >= 11 is 0. The molecule has 0 amide bonds. The van der Waals surface area contributed by atoms with Crippen LogP contribution in [0.15, 0.2) is 41.6 Å². The molecule has 18 heavy (non-hydrogen) atoms. The molecule has 0 aliphatic carbocycles. The third kappa shape index (κ3) is 3.13. The quantitative estimate of drug-likeness (QED) is 0.846. The molecule has 1 aromatic heterocycles. The molecule has 0 saturated carbocycles. The zero-order valence-electron chi connectivity index (χ0n) is 10.3. The van der Waals surface area contributed by atoms with E-state index < -0.39 is 10.8 Å². The first kappa shape index (κ1) is 12.7. The molecule has 1 unspecified atom stereocenters. The summed E-state index contributed by atoms with van der Waals surface area (Å²) in [5.74, 6) is 1.07. The highest BCUT2D eigenvalue weighted by atomic mass is 32.2. The van der Waals surface area contributed by atoms with Crippen LogP contribution in [0.25, 0.3) is 0 Å². The minimum atomic E-state index is -1.14. The molecule has 0 N–H and O–H groups in total. The number of ether oxygens (including phenoxy) is 1. The van der Waals surface area contributed by atoms with Gasteiger partial charge in [-0.3, -0.25) is 14.2 Å². The second-order valence-corrected chi connectivity index (χ2v) is 5.27. The van der Waals surface area contributed by atoms with Crippen molar-refractivity contribution in [3.8, 4) is 5.75 Å². The molecule has 2 rings (SSSR count). The molecule has 0 aliphatic heterocycles. The number of aryl methyl sites for hydroxylation is 1. The molecular weight excluding hydrogens is 248 g/mol. The Bertz CT molecular complexity index is 555. The third-order valence-corrected chi connectivity index (χ3v) is 3.76. The predicted octanol–water partition coefficient (Wildman–Crippen LogP) is 2.10. The fourth-order valence-electron chi connectivity index (χ4n) is 1.45. The second-order valence-electron chi connectivity index (χ2n) is 3.82. The number of benzene rings is 1. The van der Waals surface area contributed by atoms with Gasteiger partial charge in [0.2, 0.25) is 0 Å². The maximum atomic E-state index is 12.2. The summed E-state index contributed by atoms with van der Waals surface area (Å²) in [5.41, 5.74) is 1.58. The average molecular weight is 262 g/mol. The van der Waals surface area contributed by atoms with Crippen molar-refractivity contribution >= 4 is 10.8 Å². The topological polar surface area (TPSA) is 52.1 Å². The Morgan fingerprint density at radius 2 is 2.11 bits per heavy atom. The van der Waals surface area contributed by atoms with Crippen LogP contribution in [0.1, 0.15) is 11.4 Å². The van der Waals surface area contributed by atoms with Gasteiger partial charge < -0.3 is 4.74 Å². The molecule has 2 aromatic rings. The Hall–Kier alpha value is -1.75. The van der Waals surface area contributed by atoms with Crippen molar-refractivity contribution in [1.29, 1.82) is 0 Å². The highest BCUT2D eigenvalue weighted by molar-refractivity contribution is 7.84. The van der Waals surface area contributed by atoms with Crippen LogP contribution in [-0.2, 0) is 16.6 Å². The van der Waals surface area contributed by atoms with Gasteiger partial charge >= 0.3 is 0 Å². The van der Waals surface area contributed by atoms with Gasteiger partial charge in [-0.2, -0.15) is 0 Å². The van der Waals surface area contributed by atoms with E-state index in [4.69, 9.17) is 4.74 Å². The molecule has 0 spiro atoms. The van der Waals surface area contributed by atoms with Gasteiger partial charge in [0.15, 0.2) is 0 Å². The third-order valence-electron chi connectivity index (χ3n) is 2.42. The summed E-state index contributed by atoms with van der Waals surface area (Å²) in [6.45, 7) is 1.87. The lowest BCUT2D eigenvalue weighted by Crippen LogP contribution is -2.00. The molecule has 0 radical (unpaired) electrons. The number of rotatable bonds is 4. The Morgan fingerprint density at radius 1 is 1.28 bits per heavy atom. The van der Waals surface area contributed by atoms with Crippen molar-refractivity contribution in [2.24, 2.45) is 0 Å². The molecule has 94 valence electrons. The van der Waals surface area contributed by atoms with E-state index in [1.165, 1.54) is 0 Å². The van der Waals surface area contributed by atoms with Crippen LogP contribution in [0.2, 0.25) is 0 Å². The number of methoxy groups -OCH3 is 1. The van der Waals surface area contributed by atoms with Crippen molar-refractivity contribution in [3.05, 3.63) is 48.0 Å². The summed E-state index contributed by atoms with van der Waals surface area (Å²) in [6, 6.07) is 7.25. The molecule has 0 saturated heterocycles. The van der Waals surface area contributed by atoms with Crippen LogP contribution in [0.4, 0.5) is 0 Å². The molecule has 1 heterocycles. The Morgan fingerprint density at radius 3 is 2.78 bits per heavy atom. The summed E-state index contributed by atoms with van der Waals surface area (Å²) in [4.78, 5) is 9.07. The lowest BCUT2D eigenvalue weighted by atomic mass is 10.3. The fraction of sp³-hybridized carbons (Fsp3) is 0.231. The van der Waals surface area contributed by atoms with Crippen molar-refractivity contribution < 1.29 is 8.95 Å². The minimum Gasteiger partial charge on any atom is -0.497 e. The van der Waals surface area contributed by atoms with Crippen LogP contribution in [-0.4, -0.2) is 21.3 Å². The first-order valence-electron chi connectivity index (χ1n) is 5.49. The van der Waals surface area contributed by atoms with E-state index in [0.29, 0.717) is 11.5 Å². The van der Waals surface area contributed by atoms with Crippen LogP contribution in [0.3, 0.4) is 0 Å². The van der Waals surface area contributed by atoms with Gasteiger partial charge in [0.1, 0.15) is 5.75 Å². The zero-order valence-corrected chi connectivity index (χ0v) is 11.1. The second kappa shape index (κ2) is 5.73. The fourth-order valence-corrected chi connectivity index (χ4v) is 2.52. The van der Waals surface area contributed by atoms with E-state index in [0.717, 1.165) is 16.3 Å². The Labute approximate surface area is 109 Å². The zero-order chi connectivity index (χ0) is 13.0. The van der Waals surface area contributed by atoms with Gasteiger partial charge in [0.25, 0.3) is 0 Å². The van der Waals surface area contributed by atoms with Gasteiger partial charge in [-0.1, -0.05) is 6.07 Å². The SMILES string of the molecule is COc1cccc(S(=O)Cc2cnc(C)cn2)c1. The molecule has 1 aromatic carbocycles. The van der Waals surface area contributed by atoms with Crippen LogP contribution >= 0.6 is 0 Å². The predicted molar refractivity (Wildman–Crippen MR) is 69.9 cm³/mol. The first-order chi connectivity index (χ1) is 8.69. The monoisotopic (exact) mass is 262 g/mol.